The van der Waals surface area contributed by atoms with Gasteiger partial charge in [0.05, 0.1) is 37.0 Å². The number of Topliss-reactive ketones (excluding diaryl/α,β-unsaturated/α-hetero) is 1. The van der Waals surface area contributed by atoms with Gasteiger partial charge in [0.25, 0.3) is 0 Å². The summed E-state index contributed by atoms with van der Waals surface area (Å²) in [5, 5.41) is 0. The Morgan fingerprint density at radius 3 is 2.68 bits per heavy atom. The zero-order valence-electron chi connectivity index (χ0n) is 19.2. The summed E-state index contributed by atoms with van der Waals surface area (Å²) in [4.78, 5) is 37.5. The van der Waals surface area contributed by atoms with Gasteiger partial charge in [-0.05, 0) is 44.5 Å². The predicted molar refractivity (Wildman–Crippen MR) is 119 cm³/mol. The third-order valence-electron chi connectivity index (χ3n) is 5.71. The van der Waals surface area contributed by atoms with E-state index in [-0.39, 0.29) is 24.4 Å². The maximum absolute atomic E-state index is 13.3. The number of hydrogen-bond donors (Lipinski definition) is 0. The van der Waals surface area contributed by atoms with Crippen LogP contribution in [0.15, 0.2) is 40.8 Å². The van der Waals surface area contributed by atoms with Gasteiger partial charge in [-0.15, -0.1) is 0 Å². The number of fused-ring (bicyclic) bond motifs is 1. The van der Waals surface area contributed by atoms with Gasteiger partial charge in [-0.25, -0.2) is 4.79 Å². The van der Waals surface area contributed by atoms with E-state index in [4.69, 9.17) is 14.5 Å². The minimum absolute atomic E-state index is 0.109. The Morgan fingerprint density at radius 1 is 1.26 bits per heavy atom. The van der Waals surface area contributed by atoms with Gasteiger partial charge in [-0.2, -0.15) is 0 Å². The molecule has 7 heteroatoms. The summed E-state index contributed by atoms with van der Waals surface area (Å²) in [6, 6.07) is 3.74. The number of hydrogen-bond acceptors (Lipinski definition) is 7. The van der Waals surface area contributed by atoms with E-state index in [1.807, 2.05) is 31.1 Å². The van der Waals surface area contributed by atoms with Crippen molar-refractivity contribution in [2.75, 3.05) is 40.5 Å². The lowest BCUT2D eigenvalue weighted by molar-refractivity contribution is -0.139. The average molecular weight is 428 g/mol. The van der Waals surface area contributed by atoms with Crippen molar-refractivity contribution >= 4 is 17.5 Å². The quantitative estimate of drug-likeness (QED) is 0.469. The first kappa shape index (κ1) is 23.3. The van der Waals surface area contributed by atoms with E-state index in [1.54, 1.807) is 19.3 Å². The molecule has 1 aliphatic carbocycles. The monoisotopic (exact) mass is 427 g/mol. The smallest absolute Gasteiger partial charge is 0.336 e. The van der Waals surface area contributed by atoms with Crippen LogP contribution in [0.25, 0.3) is 0 Å². The van der Waals surface area contributed by atoms with Crippen molar-refractivity contribution < 1.29 is 19.1 Å². The number of ketones is 1. The van der Waals surface area contributed by atoms with Crippen LogP contribution in [0.2, 0.25) is 0 Å². The van der Waals surface area contributed by atoms with Crippen molar-refractivity contribution in [1.29, 1.82) is 0 Å². The molecule has 0 amide bonds. The molecule has 1 fully saturated rings. The van der Waals surface area contributed by atoms with Gasteiger partial charge in [0, 0.05) is 37.0 Å². The number of aromatic nitrogens is 1. The number of nitrogens with zero attached hydrogens (tertiary/aromatic N) is 3. The second-order valence-corrected chi connectivity index (χ2v) is 9.27. The standard InChI is InChI=1S/C24H33N3O4/c1-6-31-23(29)22-18(15-30-11-10-27(4)5)26-17-12-24(2,3)13-19(28)21(17)20(22)16-8-7-9-25-14-16/h7-9,14,20-21H,6,10-13,15H2,1-5H3. The van der Waals surface area contributed by atoms with E-state index in [0.29, 0.717) is 30.7 Å². The number of ether oxygens (including phenoxy) is 2. The van der Waals surface area contributed by atoms with Crippen molar-refractivity contribution in [3.8, 4) is 0 Å². The molecule has 0 spiro atoms. The van der Waals surface area contributed by atoms with Crippen molar-refractivity contribution in [3.63, 3.8) is 0 Å². The second-order valence-electron chi connectivity index (χ2n) is 9.27. The van der Waals surface area contributed by atoms with Crippen LogP contribution in [0.4, 0.5) is 0 Å². The minimum atomic E-state index is -0.470. The first-order valence-electron chi connectivity index (χ1n) is 10.9. The van der Waals surface area contributed by atoms with E-state index in [2.05, 4.69) is 18.8 Å². The Hall–Kier alpha value is -2.38. The van der Waals surface area contributed by atoms with Gasteiger partial charge < -0.3 is 14.4 Å². The molecule has 0 N–H and O–H groups in total. The summed E-state index contributed by atoms with van der Waals surface area (Å²) < 4.78 is 11.3. The fourth-order valence-corrected chi connectivity index (χ4v) is 4.40. The van der Waals surface area contributed by atoms with E-state index >= 15 is 0 Å². The molecular formula is C24H33N3O4. The van der Waals surface area contributed by atoms with Crippen molar-refractivity contribution in [2.45, 2.75) is 39.5 Å². The number of pyridine rings is 1. The minimum Gasteiger partial charge on any atom is -0.463 e. The highest BCUT2D eigenvalue weighted by atomic mass is 16.5. The van der Waals surface area contributed by atoms with Crippen LogP contribution >= 0.6 is 0 Å². The zero-order chi connectivity index (χ0) is 22.6. The van der Waals surface area contributed by atoms with Crippen molar-refractivity contribution in [3.05, 3.63) is 41.4 Å². The van der Waals surface area contributed by atoms with Crippen molar-refractivity contribution in [1.82, 2.24) is 9.88 Å². The molecule has 0 saturated heterocycles. The first-order chi connectivity index (χ1) is 14.7. The molecule has 1 aliphatic heterocycles. The maximum Gasteiger partial charge on any atom is 0.336 e. The Morgan fingerprint density at radius 2 is 2.03 bits per heavy atom. The Kier molecular flexibility index (Phi) is 7.38. The van der Waals surface area contributed by atoms with E-state index < -0.39 is 17.8 Å². The van der Waals surface area contributed by atoms with Gasteiger partial charge >= 0.3 is 5.97 Å². The highest BCUT2D eigenvalue weighted by Crippen LogP contribution is 2.46. The number of rotatable bonds is 8. The topological polar surface area (TPSA) is 81.1 Å². The van der Waals surface area contributed by atoms with Crippen LogP contribution in [-0.2, 0) is 19.1 Å². The average Bonchev–Trinajstić information content (AvgIpc) is 2.69. The molecule has 1 aromatic heterocycles. The molecule has 2 atom stereocenters. The van der Waals surface area contributed by atoms with Gasteiger partial charge in [-0.1, -0.05) is 19.9 Å². The van der Waals surface area contributed by atoms with Gasteiger partial charge in [0.15, 0.2) is 0 Å². The number of likely N-dealkylation sites (N-methyl/N-ethyl adjacent to an activating group) is 1. The summed E-state index contributed by atoms with van der Waals surface area (Å²) in [5.74, 6) is -1.26. The molecule has 1 aromatic rings. The highest BCUT2D eigenvalue weighted by molar-refractivity contribution is 6.12. The van der Waals surface area contributed by atoms with Gasteiger partial charge in [0.1, 0.15) is 5.78 Å². The summed E-state index contributed by atoms with van der Waals surface area (Å²) in [6.07, 6.45) is 4.58. The van der Waals surface area contributed by atoms with E-state index in [0.717, 1.165) is 17.8 Å². The Labute approximate surface area is 184 Å². The molecule has 0 radical (unpaired) electrons. The fourth-order valence-electron chi connectivity index (χ4n) is 4.40. The molecule has 0 aromatic carbocycles. The lowest BCUT2D eigenvalue weighted by Crippen LogP contribution is -2.44. The lowest BCUT2D eigenvalue weighted by atomic mass is 9.63. The second kappa shape index (κ2) is 9.83. The molecule has 2 aliphatic rings. The number of aliphatic imine (C=N–C) groups is 1. The highest BCUT2D eigenvalue weighted by Gasteiger charge is 2.48. The van der Waals surface area contributed by atoms with Crippen LogP contribution in [0.5, 0.6) is 0 Å². The summed E-state index contributed by atoms with van der Waals surface area (Å²) in [7, 11) is 3.96. The van der Waals surface area contributed by atoms with Crippen LogP contribution < -0.4 is 0 Å². The van der Waals surface area contributed by atoms with Crippen molar-refractivity contribution in [2.24, 2.45) is 16.3 Å². The molecule has 1 saturated carbocycles. The van der Waals surface area contributed by atoms with Crippen LogP contribution in [0.3, 0.4) is 0 Å². The van der Waals surface area contributed by atoms with Crippen LogP contribution in [0.1, 0.15) is 45.1 Å². The Balaban J connectivity index is 2.08. The number of carbonyl (C=O) groups is 2. The first-order valence-corrected chi connectivity index (χ1v) is 10.9. The molecule has 2 heterocycles. The van der Waals surface area contributed by atoms with E-state index in [9.17, 15) is 9.59 Å². The summed E-state index contributed by atoms with van der Waals surface area (Å²) in [6.45, 7) is 7.67. The molecule has 3 rings (SSSR count). The van der Waals surface area contributed by atoms with Gasteiger partial charge in [-0.3, -0.25) is 14.8 Å². The molecule has 168 valence electrons. The number of carbonyl (C=O) groups excluding carboxylic acids is 2. The van der Waals surface area contributed by atoms with Crippen LogP contribution in [-0.4, -0.2) is 67.8 Å². The number of esters is 1. The molecule has 7 nitrogen and oxygen atoms in total. The van der Waals surface area contributed by atoms with Gasteiger partial charge in [0.2, 0.25) is 0 Å². The molecule has 0 bridgehead atoms. The predicted octanol–water partition coefficient (Wildman–Crippen LogP) is 3.02. The Bertz CT molecular complexity index is 874. The largest absolute Gasteiger partial charge is 0.463 e. The SMILES string of the molecule is CCOC(=O)C1=C(COCCN(C)C)N=C2CC(C)(C)CC(=O)C2C1c1cccnc1. The van der Waals surface area contributed by atoms with E-state index in [1.165, 1.54) is 0 Å². The van der Waals surface area contributed by atoms with Crippen LogP contribution in [0, 0.1) is 11.3 Å². The fraction of sp³-hybridized carbons (Fsp3) is 0.583. The molecular weight excluding hydrogens is 394 g/mol. The molecule has 2 unspecified atom stereocenters. The molecule has 31 heavy (non-hydrogen) atoms. The maximum atomic E-state index is 13.3. The lowest BCUT2D eigenvalue weighted by Gasteiger charge is -2.41. The summed E-state index contributed by atoms with van der Waals surface area (Å²) >= 11 is 0. The summed E-state index contributed by atoms with van der Waals surface area (Å²) in [5.41, 5.74) is 2.46. The third-order valence-corrected chi connectivity index (χ3v) is 5.71. The third kappa shape index (κ3) is 5.46. The normalized spacial score (nSPS) is 22.9. The zero-order valence-corrected chi connectivity index (χ0v) is 19.2.